The van der Waals surface area contributed by atoms with Gasteiger partial charge in [0.05, 0.1) is 13.0 Å². The van der Waals surface area contributed by atoms with E-state index in [0.29, 0.717) is 17.7 Å². The lowest BCUT2D eigenvalue weighted by atomic mass is 10.0. The van der Waals surface area contributed by atoms with Crippen molar-refractivity contribution in [1.29, 1.82) is 0 Å². The van der Waals surface area contributed by atoms with E-state index in [9.17, 15) is 23.2 Å². The van der Waals surface area contributed by atoms with Gasteiger partial charge in [0.25, 0.3) is 11.5 Å². The number of nitrogens with zero attached hydrogens (tertiary/aromatic N) is 1. The maximum Gasteiger partial charge on any atom is 0.263 e. The highest BCUT2D eigenvalue weighted by atomic mass is 19.2. The quantitative estimate of drug-likeness (QED) is 0.447. The lowest BCUT2D eigenvalue weighted by Crippen LogP contribution is -2.29. The van der Waals surface area contributed by atoms with Crippen LogP contribution in [0.15, 0.2) is 83.8 Å². The van der Waals surface area contributed by atoms with Gasteiger partial charge in [0.1, 0.15) is 5.56 Å². The van der Waals surface area contributed by atoms with E-state index in [0.717, 1.165) is 34.5 Å². The molecule has 5 rings (SSSR count). The molecular formula is C27H19F2N3O3. The first kappa shape index (κ1) is 22.2. The molecule has 3 aromatic carbocycles. The molecule has 0 radical (unpaired) electrons. The number of pyridine rings is 1. The van der Waals surface area contributed by atoms with Crippen molar-refractivity contribution in [1.82, 2.24) is 4.57 Å². The molecular weight excluding hydrogens is 452 g/mol. The number of nitrogens with one attached hydrogen (secondary N) is 2. The Balaban J connectivity index is 1.36. The number of amides is 2. The lowest BCUT2D eigenvalue weighted by molar-refractivity contribution is -0.115. The second kappa shape index (κ2) is 8.98. The normalized spacial score (nSPS) is 12.2. The van der Waals surface area contributed by atoms with Crippen molar-refractivity contribution in [2.24, 2.45) is 0 Å². The Morgan fingerprint density at radius 3 is 2.57 bits per heavy atom. The largest absolute Gasteiger partial charge is 0.326 e. The molecule has 0 atom stereocenters. The maximum atomic E-state index is 13.5. The van der Waals surface area contributed by atoms with Crippen molar-refractivity contribution in [3.63, 3.8) is 0 Å². The van der Waals surface area contributed by atoms with E-state index in [1.54, 1.807) is 24.3 Å². The van der Waals surface area contributed by atoms with E-state index < -0.39 is 23.1 Å². The number of rotatable bonds is 5. The van der Waals surface area contributed by atoms with E-state index in [1.165, 1.54) is 22.9 Å². The highest BCUT2D eigenvalue weighted by Crippen LogP contribution is 2.30. The first-order chi connectivity index (χ1) is 16.9. The standard InChI is InChI=1S/C27H19F2N3O3/c28-22-8-6-16(11-23(22)29)15-32-10-2-5-21(27(32)35)26(34)30-20-4-1-3-17(13-20)18-7-9-24-19(12-18)14-25(33)31-24/h1-13H,14-15H2,(H,30,34)(H,31,33). The van der Waals surface area contributed by atoms with Gasteiger partial charge in [0.2, 0.25) is 5.91 Å². The molecule has 2 N–H and O–H groups in total. The van der Waals surface area contributed by atoms with Gasteiger partial charge in [-0.05, 0) is 70.8 Å². The summed E-state index contributed by atoms with van der Waals surface area (Å²) in [6.45, 7) is -0.0116. The zero-order chi connectivity index (χ0) is 24.5. The van der Waals surface area contributed by atoms with Gasteiger partial charge < -0.3 is 15.2 Å². The molecule has 1 aliphatic rings. The van der Waals surface area contributed by atoms with Crippen LogP contribution in [0, 0.1) is 11.6 Å². The van der Waals surface area contributed by atoms with Crippen LogP contribution in [0.4, 0.5) is 20.2 Å². The van der Waals surface area contributed by atoms with Crippen molar-refractivity contribution in [3.05, 3.63) is 118 Å². The van der Waals surface area contributed by atoms with E-state index in [1.807, 2.05) is 24.3 Å². The molecule has 6 nitrogen and oxygen atoms in total. The van der Waals surface area contributed by atoms with Crippen molar-refractivity contribution in [3.8, 4) is 11.1 Å². The monoisotopic (exact) mass is 471 g/mol. The molecule has 4 aromatic rings. The third kappa shape index (κ3) is 4.59. The summed E-state index contributed by atoms with van der Waals surface area (Å²) in [7, 11) is 0. The summed E-state index contributed by atoms with van der Waals surface area (Å²) in [6, 6.07) is 19.2. The van der Waals surface area contributed by atoms with Gasteiger partial charge in [-0.1, -0.05) is 24.3 Å². The number of hydrogen-bond acceptors (Lipinski definition) is 3. The number of aromatic nitrogens is 1. The molecule has 0 spiro atoms. The molecule has 2 amide bonds. The van der Waals surface area contributed by atoms with Crippen LogP contribution >= 0.6 is 0 Å². The van der Waals surface area contributed by atoms with Crippen LogP contribution in [-0.2, 0) is 17.8 Å². The average Bonchev–Trinajstić information content (AvgIpc) is 3.22. The maximum absolute atomic E-state index is 13.5. The van der Waals surface area contributed by atoms with Crippen molar-refractivity contribution in [2.45, 2.75) is 13.0 Å². The van der Waals surface area contributed by atoms with Crippen LogP contribution in [0.25, 0.3) is 11.1 Å². The summed E-state index contributed by atoms with van der Waals surface area (Å²) in [4.78, 5) is 37.4. The Hall–Kier alpha value is -4.59. The van der Waals surface area contributed by atoms with E-state index >= 15 is 0 Å². The Bertz CT molecular complexity index is 1550. The van der Waals surface area contributed by atoms with Gasteiger partial charge in [0.15, 0.2) is 11.6 Å². The van der Waals surface area contributed by atoms with Crippen LogP contribution < -0.4 is 16.2 Å². The molecule has 0 unspecified atom stereocenters. The highest BCUT2D eigenvalue weighted by Gasteiger charge is 2.18. The van der Waals surface area contributed by atoms with E-state index in [2.05, 4.69) is 10.6 Å². The molecule has 0 bridgehead atoms. The Kier molecular flexibility index (Phi) is 5.70. The Morgan fingerprint density at radius 2 is 1.74 bits per heavy atom. The second-order valence-electron chi connectivity index (χ2n) is 8.24. The van der Waals surface area contributed by atoms with Crippen molar-refractivity contribution in [2.75, 3.05) is 10.6 Å². The smallest absolute Gasteiger partial charge is 0.263 e. The summed E-state index contributed by atoms with van der Waals surface area (Å²) in [5, 5.41) is 5.55. The molecule has 35 heavy (non-hydrogen) atoms. The van der Waals surface area contributed by atoms with E-state index in [-0.39, 0.29) is 18.0 Å². The molecule has 8 heteroatoms. The SMILES string of the molecule is O=C1Cc2cc(-c3cccc(NC(=O)c4cccn(Cc5ccc(F)c(F)c5)c4=O)c3)ccc2N1. The van der Waals surface area contributed by atoms with Crippen LogP contribution in [0.1, 0.15) is 21.5 Å². The predicted octanol–water partition coefficient (Wildman–Crippen LogP) is 4.59. The Labute approximate surface area is 198 Å². The number of carbonyl (C=O) groups is 2. The lowest BCUT2D eigenvalue weighted by Gasteiger charge is -2.11. The van der Waals surface area contributed by atoms with Gasteiger partial charge in [-0.3, -0.25) is 14.4 Å². The third-order valence-electron chi connectivity index (χ3n) is 5.79. The summed E-state index contributed by atoms with van der Waals surface area (Å²) in [5.41, 5.74) is 3.70. The number of benzene rings is 3. The van der Waals surface area contributed by atoms with Crippen LogP contribution in [0.3, 0.4) is 0 Å². The van der Waals surface area contributed by atoms with Gasteiger partial charge in [-0.15, -0.1) is 0 Å². The fourth-order valence-corrected chi connectivity index (χ4v) is 4.05. The number of anilines is 2. The summed E-state index contributed by atoms with van der Waals surface area (Å²) >= 11 is 0. The van der Waals surface area contributed by atoms with E-state index in [4.69, 9.17) is 0 Å². The van der Waals surface area contributed by atoms with Crippen molar-refractivity contribution >= 4 is 23.2 Å². The minimum absolute atomic E-state index is 0.0116. The number of halogens is 2. The highest BCUT2D eigenvalue weighted by molar-refractivity contribution is 6.04. The van der Waals surface area contributed by atoms with Crippen molar-refractivity contribution < 1.29 is 18.4 Å². The third-order valence-corrected chi connectivity index (χ3v) is 5.79. The minimum atomic E-state index is -1.00. The number of fused-ring (bicyclic) bond motifs is 1. The second-order valence-corrected chi connectivity index (χ2v) is 8.24. The summed E-state index contributed by atoms with van der Waals surface area (Å²) in [6.07, 6.45) is 1.80. The number of carbonyl (C=O) groups excluding carboxylic acids is 2. The summed E-state index contributed by atoms with van der Waals surface area (Å²) in [5.74, 6) is -2.61. The molecule has 0 saturated carbocycles. The topological polar surface area (TPSA) is 80.2 Å². The zero-order valence-corrected chi connectivity index (χ0v) is 18.3. The molecule has 1 aromatic heterocycles. The van der Waals surface area contributed by atoms with Crippen LogP contribution in [-0.4, -0.2) is 16.4 Å². The molecule has 2 heterocycles. The molecule has 0 fully saturated rings. The zero-order valence-electron chi connectivity index (χ0n) is 18.3. The Morgan fingerprint density at radius 1 is 0.914 bits per heavy atom. The summed E-state index contributed by atoms with van der Waals surface area (Å²) < 4.78 is 28.0. The first-order valence-electron chi connectivity index (χ1n) is 10.9. The van der Waals surface area contributed by atoms with Gasteiger partial charge in [0, 0.05) is 17.6 Å². The fourth-order valence-electron chi connectivity index (χ4n) is 4.05. The molecule has 1 aliphatic heterocycles. The first-order valence-corrected chi connectivity index (χ1v) is 10.9. The fraction of sp³-hybridized carbons (Fsp3) is 0.0741. The van der Waals surface area contributed by atoms with Gasteiger partial charge >= 0.3 is 0 Å². The predicted molar refractivity (Wildman–Crippen MR) is 128 cm³/mol. The van der Waals surface area contributed by atoms with Crippen LogP contribution in [0.2, 0.25) is 0 Å². The number of hydrogen-bond donors (Lipinski definition) is 2. The van der Waals surface area contributed by atoms with Gasteiger partial charge in [-0.2, -0.15) is 0 Å². The molecule has 174 valence electrons. The molecule has 0 saturated heterocycles. The van der Waals surface area contributed by atoms with Gasteiger partial charge in [-0.25, -0.2) is 8.78 Å². The van der Waals surface area contributed by atoms with Crippen LogP contribution in [0.5, 0.6) is 0 Å². The average molecular weight is 471 g/mol. The minimum Gasteiger partial charge on any atom is -0.326 e. The molecule has 0 aliphatic carbocycles.